The van der Waals surface area contributed by atoms with Gasteiger partial charge >= 0.3 is 17.9 Å². The van der Waals surface area contributed by atoms with Crippen molar-refractivity contribution in [1.29, 1.82) is 0 Å². The van der Waals surface area contributed by atoms with Gasteiger partial charge in [0.05, 0.1) is 19.8 Å². The van der Waals surface area contributed by atoms with Gasteiger partial charge in [0.15, 0.2) is 11.7 Å². The van der Waals surface area contributed by atoms with Gasteiger partial charge in [0.2, 0.25) is 0 Å². The lowest BCUT2D eigenvalue weighted by Crippen LogP contribution is -2.45. The van der Waals surface area contributed by atoms with Crippen LogP contribution >= 0.6 is 0 Å². The van der Waals surface area contributed by atoms with Gasteiger partial charge in [-0.2, -0.15) is 0 Å². The number of aryl methyl sites for hydroxylation is 1. The predicted octanol–water partition coefficient (Wildman–Crippen LogP) is 2.89. The number of Topliss-reactive ketones (excluding diaryl/α,β-unsaturated/α-hetero) is 1. The summed E-state index contributed by atoms with van der Waals surface area (Å²) in [6, 6.07) is 7.15. The van der Waals surface area contributed by atoms with E-state index in [2.05, 4.69) is 0 Å². The first-order valence-electron chi connectivity index (χ1n) is 10.0. The van der Waals surface area contributed by atoms with Crippen molar-refractivity contribution >= 4 is 23.7 Å². The Labute approximate surface area is 170 Å². The summed E-state index contributed by atoms with van der Waals surface area (Å²) in [5, 5.41) is 0. The van der Waals surface area contributed by atoms with E-state index in [1.54, 1.807) is 32.9 Å². The van der Waals surface area contributed by atoms with Crippen LogP contribution in [-0.4, -0.2) is 43.5 Å². The number of hydrogen-bond acceptors (Lipinski definition) is 7. The Kier molecular flexibility index (Phi) is 7.93. The summed E-state index contributed by atoms with van der Waals surface area (Å²) in [6.45, 7) is 5.32. The lowest BCUT2D eigenvalue weighted by Gasteiger charge is -2.35. The molecule has 7 nitrogen and oxygen atoms in total. The van der Waals surface area contributed by atoms with Crippen LogP contribution in [0.25, 0.3) is 0 Å². The second-order valence-corrected chi connectivity index (χ2v) is 6.88. The Morgan fingerprint density at radius 3 is 2.14 bits per heavy atom. The molecule has 158 valence electrons. The molecule has 7 heteroatoms. The third-order valence-electron chi connectivity index (χ3n) is 5.19. The van der Waals surface area contributed by atoms with Crippen LogP contribution in [0.1, 0.15) is 56.0 Å². The third kappa shape index (κ3) is 4.83. The van der Waals surface area contributed by atoms with Crippen molar-refractivity contribution in [3.05, 3.63) is 35.4 Å². The minimum Gasteiger partial charge on any atom is -0.465 e. The highest BCUT2D eigenvalue weighted by Gasteiger charge is 2.50. The van der Waals surface area contributed by atoms with E-state index < -0.39 is 29.2 Å². The zero-order valence-electron chi connectivity index (χ0n) is 17.2. The number of benzene rings is 1. The van der Waals surface area contributed by atoms with Crippen LogP contribution in [0.15, 0.2) is 24.3 Å². The van der Waals surface area contributed by atoms with Gasteiger partial charge in [-0.1, -0.05) is 24.3 Å². The Balaban J connectivity index is 2.33. The summed E-state index contributed by atoms with van der Waals surface area (Å²) < 4.78 is 15.2. The number of carbonyl (C=O) groups is 4. The van der Waals surface area contributed by atoms with Gasteiger partial charge in [0.25, 0.3) is 0 Å². The zero-order valence-corrected chi connectivity index (χ0v) is 17.2. The molecule has 1 aliphatic rings. The van der Waals surface area contributed by atoms with Crippen LogP contribution in [0, 0.1) is 11.3 Å². The summed E-state index contributed by atoms with van der Waals surface area (Å²) in [6.07, 6.45) is 0.760. The van der Waals surface area contributed by atoms with Crippen LogP contribution in [0.3, 0.4) is 0 Å². The molecule has 0 saturated carbocycles. The molecule has 0 amide bonds. The number of ether oxygens (including phenoxy) is 3. The molecular formula is C22H28O7. The molecule has 0 aliphatic heterocycles. The van der Waals surface area contributed by atoms with Gasteiger partial charge in [-0.25, -0.2) is 0 Å². The first-order valence-corrected chi connectivity index (χ1v) is 10.0. The van der Waals surface area contributed by atoms with Gasteiger partial charge in [-0.3, -0.25) is 19.2 Å². The van der Waals surface area contributed by atoms with Crippen molar-refractivity contribution in [2.24, 2.45) is 11.3 Å². The number of esters is 3. The van der Waals surface area contributed by atoms with Crippen molar-refractivity contribution in [2.75, 3.05) is 19.8 Å². The molecule has 0 N–H and O–H groups in total. The summed E-state index contributed by atoms with van der Waals surface area (Å²) in [5.41, 5.74) is -0.0675. The maximum Gasteiger partial charge on any atom is 0.320 e. The van der Waals surface area contributed by atoms with Crippen LogP contribution < -0.4 is 0 Å². The van der Waals surface area contributed by atoms with Crippen molar-refractivity contribution in [1.82, 2.24) is 0 Å². The molecule has 0 radical (unpaired) electrons. The summed E-state index contributed by atoms with van der Waals surface area (Å²) in [4.78, 5) is 50.8. The first-order chi connectivity index (χ1) is 13.9. The van der Waals surface area contributed by atoms with Crippen LogP contribution in [-0.2, 0) is 35.0 Å². The minimum atomic E-state index is -1.43. The standard InChI is InChI=1S/C22H28O7/c1-4-27-19(24)17(20(25)28-5-2)12-14-22(21(26)29-6-3)13-11-15-9-7-8-10-16(15)18(22)23/h7-10,17H,4-6,11-14H2,1-3H3. The average Bonchev–Trinajstić information content (AvgIpc) is 2.70. The third-order valence-corrected chi connectivity index (χ3v) is 5.19. The van der Waals surface area contributed by atoms with Gasteiger partial charge in [-0.15, -0.1) is 0 Å². The maximum atomic E-state index is 13.3. The van der Waals surface area contributed by atoms with E-state index in [4.69, 9.17) is 14.2 Å². The molecule has 0 aromatic heterocycles. The number of ketones is 1. The number of hydrogen-bond donors (Lipinski definition) is 0. The van der Waals surface area contributed by atoms with Gasteiger partial charge in [0.1, 0.15) is 5.41 Å². The van der Waals surface area contributed by atoms with Crippen molar-refractivity contribution in [3.8, 4) is 0 Å². The monoisotopic (exact) mass is 404 g/mol. The Morgan fingerprint density at radius 2 is 1.55 bits per heavy atom. The fourth-order valence-corrected chi connectivity index (χ4v) is 3.69. The normalized spacial score (nSPS) is 18.1. The summed E-state index contributed by atoms with van der Waals surface area (Å²) in [5.74, 6) is -3.57. The molecule has 2 rings (SSSR count). The molecule has 1 aliphatic carbocycles. The topological polar surface area (TPSA) is 96.0 Å². The van der Waals surface area contributed by atoms with Crippen LogP contribution in [0.4, 0.5) is 0 Å². The summed E-state index contributed by atoms with van der Waals surface area (Å²) >= 11 is 0. The highest BCUT2D eigenvalue weighted by Crippen LogP contribution is 2.41. The van der Waals surface area contributed by atoms with Crippen molar-refractivity contribution in [3.63, 3.8) is 0 Å². The second-order valence-electron chi connectivity index (χ2n) is 6.88. The Hall–Kier alpha value is -2.70. The first kappa shape index (κ1) is 22.6. The second kappa shape index (κ2) is 10.2. The maximum absolute atomic E-state index is 13.3. The van der Waals surface area contributed by atoms with E-state index in [1.807, 2.05) is 12.1 Å². The molecule has 0 fully saturated rings. The fraction of sp³-hybridized carbons (Fsp3) is 0.545. The molecule has 1 aromatic carbocycles. The Bertz CT molecular complexity index is 752. The van der Waals surface area contributed by atoms with E-state index in [0.29, 0.717) is 12.0 Å². The molecule has 1 atom stereocenters. The number of rotatable bonds is 9. The molecule has 0 spiro atoms. The Morgan fingerprint density at radius 1 is 0.966 bits per heavy atom. The average molecular weight is 404 g/mol. The van der Waals surface area contributed by atoms with Gasteiger partial charge in [-0.05, 0) is 52.0 Å². The van der Waals surface area contributed by atoms with E-state index in [-0.39, 0.29) is 44.9 Å². The molecule has 1 unspecified atom stereocenters. The smallest absolute Gasteiger partial charge is 0.320 e. The molecule has 29 heavy (non-hydrogen) atoms. The van der Waals surface area contributed by atoms with Gasteiger partial charge in [0, 0.05) is 5.56 Å². The van der Waals surface area contributed by atoms with E-state index in [1.165, 1.54) is 0 Å². The molecule has 0 saturated heterocycles. The number of carbonyl (C=O) groups excluding carboxylic acids is 4. The highest BCUT2D eigenvalue weighted by atomic mass is 16.6. The zero-order chi connectivity index (χ0) is 21.4. The van der Waals surface area contributed by atoms with E-state index in [9.17, 15) is 19.2 Å². The van der Waals surface area contributed by atoms with E-state index >= 15 is 0 Å². The molecular weight excluding hydrogens is 376 g/mol. The van der Waals surface area contributed by atoms with Crippen molar-refractivity contribution < 1.29 is 33.4 Å². The van der Waals surface area contributed by atoms with Crippen molar-refractivity contribution in [2.45, 2.75) is 46.5 Å². The highest BCUT2D eigenvalue weighted by molar-refractivity contribution is 6.14. The van der Waals surface area contributed by atoms with Gasteiger partial charge < -0.3 is 14.2 Å². The van der Waals surface area contributed by atoms with Crippen LogP contribution in [0.5, 0.6) is 0 Å². The minimum absolute atomic E-state index is 0.00129. The quantitative estimate of drug-likeness (QED) is 0.355. The number of fused-ring (bicyclic) bond motifs is 1. The summed E-state index contributed by atoms with van der Waals surface area (Å²) in [7, 11) is 0. The predicted molar refractivity (Wildman–Crippen MR) is 104 cm³/mol. The lowest BCUT2D eigenvalue weighted by molar-refractivity contribution is -0.164. The lowest BCUT2D eigenvalue weighted by atomic mass is 9.67. The molecule has 0 bridgehead atoms. The molecule has 0 heterocycles. The fourth-order valence-electron chi connectivity index (χ4n) is 3.69. The molecule has 1 aromatic rings. The van der Waals surface area contributed by atoms with Crippen LogP contribution in [0.2, 0.25) is 0 Å². The SMILES string of the molecule is CCOC(=O)C(CCC1(C(=O)OCC)CCc2ccccc2C1=O)C(=O)OCC. The van der Waals surface area contributed by atoms with E-state index in [0.717, 1.165) is 5.56 Å². The largest absolute Gasteiger partial charge is 0.465 e.